The minimum absolute atomic E-state index is 0.116. The summed E-state index contributed by atoms with van der Waals surface area (Å²) in [6.07, 6.45) is 0.628. The molecular formula is C16H19NO. The summed E-state index contributed by atoms with van der Waals surface area (Å²) in [6.45, 7) is 9.58. The summed E-state index contributed by atoms with van der Waals surface area (Å²) in [7, 11) is 0. The van der Waals surface area contributed by atoms with Crippen molar-refractivity contribution in [3.63, 3.8) is 0 Å². The predicted molar refractivity (Wildman–Crippen MR) is 74.3 cm³/mol. The number of rotatable bonds is 0. The topological polar surface area (TPSA) is 22.0 Å². The van der Waals surface area contributed by atoms with Crippen LogP contribution in [0.1, 0.15) is 48.8 Å². The van der Waals surface area contributed by atoms with Crippen LogP contribution in [0.2, 0.25) is 0 Å². The van der Waals surface area contributed by atoms with E-state index in [0.29, 0.717) is 6.42 Å². The van der Waals surface area contributed by atoms with Gasteiger partial charge in [0.05, 0.1) is 5.52 Å². The van der Waals surface area contributed by atoms with Gasteiger partial charge in [-0.25, -0.2) is 0 Å². The zero-order valence-corrected chi connectivity index (χ0v) is 11.5. The molecule has 2 nitrogen and oxygen atoms in total. The second-order valence-corrected chi connectivity index (χ2v) is 6.35. The molecule has 0 N–H and O–H groups in total. The van der Waals surface area contributed by atoms with Gasteiger partial charge in [-0.1, -0.05) is 20.8 Å². The molecule has 0 bridgehead atoms. The van der Waals surface area contributed by atoms with Gasteiger partial charge >= 0.3 is 0 Å². The summed E-state index contributed by atoms with van der Waals surface area (Å²) in [6, 6.07) is 6.47. The summed E-state index contributed by atoms with van der Waals surface area (Å²) in [5.74, 6) is 0.287. The molecule has 94 valence electrons. The SMILES string of the molecule is Cc1cc2c3c(c1)cc(C(C)(C)C)n3CCC2=O. The van der Waals surface area contributed by atoms with Gasteiger partial charge in [0.2, 0.25) is 0 Å². The van der Waals surface area contributed by atoms with Crippen molar-refractivity contribution in [1.29, 1.82) is 0 Å². The van der Waals surface area contributed by atoms with E-state index < -0.39 is 0 Å². The van der Waals surface area contributed by atoms with Crippen molar-refractivity contribution in [2.24, 2.45) is 0 Å². The summed E-state index contributed by atoms with van der Waals surface area (Å²) < 4.78 is 2.34. The molecule has 0 saturated carbocycles. The molecule has 0 fully saturated rings. The molecule has 0 saturated heterocycles. The van der Waals surface area contributed by atoms with E-state index in [4.69, 9.17) is 0 Å². The fraction of sp³-hybridized carbons (Fsp3) is 0.438. The molecular weight excluding hydrogens is 222 g/mol. The van der Waals surface area contributed by atoms with E-state index >= 15 is 0 Å². The fourth-order valence-electron chi connectivity index (χ4n) is 2.98. The monoisotopic (exact) mass is 241 g/mol. The van der Waals surface area contributed by atoms with Gasteiger partial charge in [-0.15, -0.1) is 0 Å². The Morgan fingerprint density at radius 2 is 1.89 bits per heavy atom. The van der Waals surface area contributed by atoms with E-state index in [1.165, 1.54) is 16.6 Å². The Kier molecular flexibility index (Phi) is 2.22. The van der Waals surface area contributed by atoms with Crippen molar-refractivity contribution in [1.82, 2.24) is 4.57 Å². The standard InChI is InChI=1S/C16H19NO/c1-10-7-11-9-14(16(2,3)4)17-6-5-13(18)12(8-10)15(11)17/h7-9H,5-6H2,1-4H3. The highest BCUT2D eigenvalue weighted by atomic mass is 16.1. The van der Waals surface area contributed by atoms with Crippen LogP contribution in [0.25, 0.3) is 10.9 Å². The van der Waals surface area contributed by atoms with Crippen LogP contribution in [-0.4, -0.2) is 10.4 Å². The van der Waals surface area contributed by atoms with E-state index in [1.807, 2.05) is 6.07 Å². The maximum absolute atomic E-state index is 12.1. The molecule has 0 spiro atoms. The summed E-state index contributed by atoms with van der Waals surface area (Å²) in [5.41, 5.74) is 4.67. The molecule has 2 heterocycles. The number of benzene rings is 1. The first-order chi connectivity index (χ1) is 8.38. The smallest absolute Gasteiger partial charge is 0.166 e. The van der Waals surface area contributed by atoms with Crippen molar-refractivity contribution in [3.8, 4) is 0 Å². The molecule has 0 amide bonds. The van der Waals surface area contributed by atoms with Crippen LogP contribution in [0.15, 0.2) is 18.2 Å². The molecule has 0 unspecified atom stereocenters. The van der Waals surface area contributed by atoms with Gasteiger partial charge in [0, 0.05) is 35.0 Å². The summed E-state index contributed by atoms with van der Waals surface area (Å²) in [4.78, 5) is 12.1. The van der Waals surface area contributed by atoms with E-state index in [-0.39, 0.29) is 11.2 Å². The van der Waals surface area contributed by atoms with Crippen LogP contribution in [0.5, 0.6) is 0 Å². The highest BCUT2D eigenvalue weighted by molar-refractivity contribution is 6.09. The average molecular weight is 241 g/mol. The molecule has 2 heteroatoms. The molecule has 2 aromatic rings. The number of carbonyl (C=O) groups excluding carboxylic acids is 1. The van der Waals surface area contributed by atoms with Gasteiger partial charge < -0.3 is 4.57 Å². The number of Topliss-reactive ketones (excluding diaryl/α,β-unsaturated/α-hetero) is 1. The zero-order valence-electron chi connectivity index (χ0n) is 11.5. The lowest BCUT2D eigenvalue weighted by molar-refractivity contribution is 0.0972. The number of hydrogen-bond acceptors (Lipinski definition) is 1. The first kappa shape index (κ1) is 11.5. The second-order valence-electron chi connectivity index (χ2n) is 6.35. The van der Waals surface area contributed by atoms with Gasteiger partial charge in [0.15, 0.2) is 5.78 Å². The third kappa shape index (κ3) is 1.52. The van der Waals surface area contributed by atoms with E-state index in [2.05, 4.69) is 44.4 Å². The Morgan fingerprint density at radius 3 is 2.56 bits per heavy atom. The first-order valence-corrected chi connectivity index (χ1v) is 6.55. The maximum atomic E-state index is 12.1. The largest absolute Gasteiger partial charge is 0.343 e. The molecule has 1 aliphatic heterocycles. The van der Waals surface area contributed by atoms with E-state index in [1.54, 1.807) is 0 Å². The van der Waals surface area contributed by atoms with Crippen molar-refractivity contribution in [3.05, 3.63) is 35.0 Å². The highest BCUT2D eigenvalue weighted by Crippen LogP contribution is 2.35. The number of nitrogens with zero attached hydrogens (tertiary/aromatic N) is 1. The molecule has 3 rings (SSSR count). The maximum Gasteiger partial charge on any atom is 0.166 e. The number of ketones is 1. The normalized spacial score (nSPS) is 15.4. The lowest BCUT2D eigenvalue weighted by Crippen LogP contribution is -2.22. The lowest BCUT2D eigenvalue weighted by Gasteiger charge is -2.24. The van der Waals surface area contributed by atoms with Gasteiger partial charge in [-0.05, 0) is 30.7 Å². The number of aromatic nitrogens is 1. The molecule has 0 radical (unpaired) electrons. The quantitative estimate of drug-likeness (QED) is 0.687. The van der Waals surface area contributed by atoms with Crippen LogP contribution in [0.3, 0.4) is 0 Å². The zero-order chi connectivity index (χ0) is 13.1. The van der Waals surface area contributed by atoms with Crippen LogP contribution >= 0.6 is 0 Å². The molecule has 18 heavy (non-hydrogen) atoms. The number of aryl methyl sites for hydroxylation is 2. The van der Waals surface area contributed by atoms with Gasteiger partial charge in [0.25, 0.3) is 0 Å². The molecule has 1 aliphatic rings. The average Bonchev–Trinajstić information content (AvgIpc) is 2.62. The Bertz CT molecular complexity index is 656. The highest BCUT2D eigenvalue weighted by Gasteiger charge is 2.26. The second kappa shape index (κ2) is 3.47. The lowest BCUT2D eigenvalue weighted by atomic mass is 9.92. The van der Waals surface area contributed by atoms with E-state index in [0.717, 1.165) is 17.6 Å². The molecule has 1 aromatic carbocycles. The van der Waals surface area contributed by atoms with Crippen LogP contribution in [0.4, 0.5) is 0 Å². The Hall–Kier alpha value is -1.57. The Balaban J connectivity index is 2.43. The predicted octanol–water partition coefficient (Wildman–Crippen LogP) is 3.83. The summed E-state index contributed by atoms with van der Waals surface area (Å²) >= 11 is 0. The van der Waals surface area contributed by atoms with Gasteiger partial charge in [0.1, 0.15) is 0 Å². The number of hydrogen-bond donors (Lipinski definition) is 0. The van der Waals surface area contributed by atoms with Gasteiger partial charge in [-0.3, -0.25) is 4.79 Å². The van der Waals surface area contributed by atoms with Crippen molar-refractivity contribution < 1.29 is 4.79 Å². The number of carbonyl (C=O) groups is 1. The Labute approximate surface area is 108 Å². The molecule has 1 aromatic heterocycles. The van der Waals surface area contributed by atoms with Crippen LogP contribution in [0, 0.1) is 6.92 Å². The summed E-state index contributed by atoms with van der Waals surface area (Å²) in [5, 5.41) is 1.21. The minimum atomic E-state index is 0.116. The third-order valence-corrected chi connectivity index (χ3v) is 3.77. The molecule has 0 aliphatic carbocycles. The van der Waals surface area contributed by atoms with Crippen molar-refractivity contribution in [2.45, 2.75) is 46.1 Å². The van der Waals surface area contributed by atoms with Crippen molar-refractivity contribution >= 4 is 16.7 Å². The van der Waals surface area contributed by atoms with Crippen molar-refractivity contribution in [2.75, 3.05) is 0 Å². The minimum Gasteiger partial charge on any atom is -0.343 e. The van der Waals surface area contributed by atoms with Crippen LogP contribution in [-0.2, 0) is 12.0 Å². The van der Waals surface area contributed by atoms with Gasteiger partial charge in [-0.2, -0.15) is 0 Å². The van der Waals surface area contributed by atoms with Crippen LogP contribution < -0.4 is 0 Å². The third-order valence-electron chi connectivity index (χ3n) is 3.77. The first-order valence-electron chi connectivity index (χ1n) is 6.55. The fourth-order valence-corrected chi connectivity index (χ4v) is 2.98. The Morgan fingerprint density at radius 1 is 1.17 bits per heavy atom. The van der Waals surface area contributed by atoms with E-state index in [9.17, 15) is 4.79 Å². The molecule has 0 atom stereocenters.